The molecule has 3 rings (SSSR count). The monoisotopic (exact) mass is 356 g/mol. The second kappa shape index (κ2) is 7.17. The third-order valence-corrected chi connectivity index (χ3v) is 4.83. The van der Waals surface area contributed by atoms with Crippen molar-refractivity contribution in [3.8, 4) is 11.1 Å². The number of β-amino-alcohol motifs (C(OH)–C–C–N with tert-alkyl or cyclic N) is 1. The number of carbonyl (C=O) groups is 1. The van der Waals surface area contributed by atoms with E-state index >= 15 is 0 Å². The SMILES string of the molecule is Cc1cc(-c2cccc(C(=O)N3CC[C@](O)(CN(C)C)C3)c2)ccc1F. The van der Waals surface area contributed by atoms with Crippen molar-refractivity contribution in [3.05, 3.63) is 59.4 Å². The topological polar surface area (TPSA) is 43.8 Å². The van der Waals surface area contributed by atoms with Crippen molar-refractivity contribution in [2.75, 3.05) is 33.7 Å². The van der Waals surface area contributed by atoms with Crippen molar-refractivity contribution >= 4 is 5.91 Å². The number of halogens is 1. The van der Waals surface area contributed by atoms with Crippen LogP contribution in [0.1, 0.15) is 22.3 Å². The summed E-state index contributed by atoms with van der Waals surface area (Å²) >= 11 is 0. The smallest absolute Gasteiger partial charge is 0.253 e. The van der Waals surface area contributed by atoms with E-state index in [0.717, 1.165) is 11.1 Å². The lowest BCUT2D eigenvalue weighted by Crippen LogP contribution is -2.43. The van der Waals surface area contributed by atoms with E-state index in [2.05, 4.69) is 0 Å². The highest BCUT2D eigenvalue weighted by molar-refractivity contribution is 5.95. The van der Waals surface area contributed by atoms with Crippen LogP contribution < -0.4 is 0 Å². The molecule has 2 aromatic rings. The Labute approximate surface area is 153 Å². The third-order valence-electron chi connectivity index (χ3n) is 4.83. The minimum atomic E-state index is -0.856. The molecular formula is C21H25FN2O2. The fourth-order valence-corrected chi connectivity index (χ4v) is 3.59. The maximum absolute atomic E-state index is 13.5. The van der Waals surface area contributed by atoms with Gasteiger partial charge in [-0.25, -0.2) is 4.39 Å². The second-order valence-corrected chi connectivity index (χ2v) is 7.48. The van der Waals surface area contributed by atoms with Gasteiger partial charge in [0.15, 0.2) is 0 Å². The van der Waals surface area contributed by atoms with Crippen LogP contribution in [0.3, 0.4) is 0 Å². The van der Waals surface area contributed by atoms with E-state index in [4.69, 9.17) is 0 Å². The summed E-state index contributed by atoms with van der Waals surface area (Å²) in [5.74, 6) is -0.321. The predicted octanol–water partition coefficient (Wildman–Crippen LogP) is 2.94. The van der Waals surface area contributed by atoms with Crippen LogP contribution in [0.25, 0.3) is 11.1 Å². The molecule has 0 radical (unpaired) electrons. The molecule has 0 aromatic heterocycles. The molecule has 5 heteroatoms. The minimum absolute atomic E-state index is 0.0830. The number of benzene rings is 2. The van der Waals surface area contributed by atoms with Crippen molar-refractivity contribution in [1.82, 2.24) is 9.80 Å². The number of hydrogen-bond donors (Lipinski definition) is 1. The van der Waals surface area contributed by atoms with E-state index in [9.17, 15) is 14.3 Å². The first kappa shape index (κ1) is 18.5. The van der Waals surface area contributed by atoms with Crippen molar-refractivity contribution < 1.29 is 14.3 Å². The molecule has 0 aliphatic carbocycles. The highest BCUT2D eigenvalue weighted by Gasteiger charge is 2.38. The molecule has 2 aromatic carbocycles. The Morgan fingerprint density at radius 2 is 1.96 bits per heavy atom. The largest absolute Gasteiger partial charge is 0.387 e. The average molecular weight is 356 g/mol. The molecule has 1 heterocycles. The lowest BCUT2D eigenvalue weighted by atomic mass is 10.0. The maximum atomic E-state index is 13.5. The lowest BCUT2D eigenvalue weighted by molar-refractivity contribution is 0.0236. The zero-order valence-corrected chi connectivity index (χ0v) is 15.5. The van der Waals surface area contributed by atoms with Crippen molar-refractivity contribution in [1.29, 1.82) is 0 Å². The summed E-state index contributed by atoms with van der Waals surface area (Å²) < 4.78 is 13.5. The van der Waals surface area contributed by atoms with E-state index in [-0.39, 0.29) is 11.7 Å². The van der Waals surface area contributed by atoms with Gasteiger partial charge in [-0.05, 0) is 68.4 Å². The van der Waals surface area contributed by atoms with E-state index in [1.807, 2.05) is 37.2 Å². The normalized spacial score (nSPS) is 20.0. The Kier molecular flexibility index (Phi) is 5.12. The molecule has 1 saturated heterocycles. The molecule has 0 saturated carbocycles. The van der Waals surface area contributed by atoms with Crippen LogP contribution in [-0.2, 0) is 0 Å². The molecule has 0 unspecified atom stereocenters. The van der Waals surface area contributed by atoms with E-state index in [1.165, 1.54) is 6.07 Å². The van der Waals surface area contributed by atoms with Gasteiger partial charge in [-0.2, -0.15) is 0 Å². The molecule has 1 N–H and O–H groups in total. The number of nitrogens with zero attached hydrogens (tertiary/aromatic N) is 2. The minimum Gasteiger partial charge on any atom is -0.387 e. The maximum Gasteiger partial charge on any atom is 0.253 e. The van der Waals surface area contributed by atoms with Crippen LogP contribution in [0.4, 0.5) is 4.39 Å². The van der Waals surface area contributed by atoms with Gasteiger partial charge in [0.05, 0.1) is 12.1 Å². The molecule has 138 valence electrons. The van der Waals surface area contributed by atoms with Crippen LogP contribution in [0.15, 0.2) is 42.5 Å². The Balaban J connectivity index is 1.80. The number of hydrogen-bond acceptors (Lipinski definition) is 3. The first-order chi connectivity index (χ1) is 12.3. The summed E-state index contributed by atoms with van der Waals surface area (Å²) in [5.41, 5.74) is 2.06. The van der Waals surface area contributed by atoms with Crippen molar-refractivity contribution in [3.63, 3.8) is 0 Å². The van der Waals surface area contributed by atoms with Gasteiger partial charge < -0.3 is 14.9 Å². The molecule has 4 nitrogen and oxygen atoms in total. The zero-order chi connectivity index (χ0) is 18.9. The molecule has 0 spiro atoms. The number of rotatable bonds is 4. The Morgan fingerprint density at radius 1 is 1.23 bits per heavy atom. The van der Waals surface area contributed by atoms with Crippen molar-refractivity contribution in [2.24, 2.45) is 0 Å². The number of likely N-dealkylation sites (tertiary alicyclic amines) is 1. The van der Waals surface area contributed by atoms with Gasteiger partial charge in [-0.15, -0.1) is 0 Å². The number of aryl methyl sites for hydroxylation is 1. The van der Waals surface area contributed by atoms with Crippen LogP contribution in [-0.4, -0.2) is 60.1 Å². The zero-order valence-electron chi connectivity index (χ0n) is 15.5. The van der Waals surface area contributed by atoms with Gasteiger partial charge in [0.2, 0.25) is 0 Å². The molecule has 1 fully saturated rings. The van der Waals surface area contributed by atoms with Crippen LogP contribution in [0, 0.1) is 12.7 Å². The highest BCUT2D eigenvalue weighted by Crippen LogP contribution is 2.26. The molecule has 26 heavy (non-hydrogen) atoms. The van der Waals surface area contributed by atoms with E-state index in [0.29, 0.717) is 37.2 Å². The average Bonchev–Trinajstić information content (AvgIpc) is 2.97. The lowest BCUT2D eigenvalue weighted by Gasteiger charge is -2.26. The van der Waals surface area contributed by atoms with Gasteiger partial charge in [0, 0.05) is 18.7 Å². The fourth-order valence-electron chi connectivity index (χ4n) is 3.59. The van der Waals surface area contributed by atoms with Gasteiger partial charge in [-0.1, -0.05) is 18.2 Å². The van der Waals surface area contributed by atoms with E-state index in [1.54, 1.807) is 30.0 Å². The van der Waals surface area contributed by atoms with Gasteiger partial charge in [0.1, 0.15) is 5.82 Å². The van der Waals surface area contributed by atoms with Gasteiger partial charge in [-0.3, -0.25) is 4.79 Å². The van der Waals surface area contributed by atoms with Crippen molar-refractivity contribution in [2.45, 2.75) is 18.9 Å². The van der Waals surface area contributed by atoms with Gasteiger partial charge in [0.25, 0.3) is 5.91 Å². The Morgan fingerprint density at radius 3 is 2.65 bits per heavy atom. The number of amides is 1. The Hall–Kier alpha value is -2.24. The third kappa shape index (κ3) is 3.94. The molecular weight excluding hydrogens is 331 g/mol. The van der Waals surface area contributed by atoms with Crippen LogP contribution >= 0.6 is 0 Å². The standard InChI is InChI=1S/C21H25FN2O2/c1-15-11-17(7-8-19(15)22)16-5-4-6-18(12-16)20(25)24-10-9-21(26,14-24)13-23(2)3/h4-8,11-12,26H,9-10,13-14H2,1-3H3/t21-/m0/s1. The molecule has 0 bridgehead atoms. The first-order valence-electron chi connectivity index (χ1n) is 8.80. The number of likely N-dealkylation sites (N-methyl/N-ethyl adjacent to an activating group) is 1. The quantitative estimate of drug-likeness (QED) is 0.916. The van der Waals surface area contributed by atoms with Crippen LogP contribution in [0.5, 0.6) is 0 Å². The molecule has 1 amide bonds. The van der Waals surface area contributed by atoms with Gasteiger partial charge >= 0.3 is 0 Å². The molecule has 1 atom stereocenters. The summed E-state index contributed by atoms with van der Waals surface area (Å²) in [5, 5.41) is 10.6. The summed E-state index contributed by atoms with van der Waals surface area (Å²) in [6.45, 7) is 3.14. The summed E-state index contributed by atoms with van der Waals surface area (Å²) in [6, 6.07) is 12.3. The summed E-state index contributed by atoms with van der Waals surface area (Å²) in [7, 11) is 3.83. The van der Waals surface area contributed by atoms with E-state index < -0.39 is 5.60 Å². The predicted molar refractivity (Wildman–Crippen MR) is 101 cm³/mol. The molecule has 1 aliphatic heterocycles. The number of carbonyl (C=O) groups excluding carboxylic acids is 1. The molecule has 1 aliphatic rings. The number of aliphatic hydroxyl groups is 1. The Bertz CT molecular complexity index is 821. The fraction of sp³-hybridized carbons (Fsp3) is 0.381. The summed E-state index contributed by atoms with van der Waals surface area (Å²) in [6.07, 6.45) is 0.577. The second-order valence-electron chi connectivity index (χ2n) is 7.48. The van der Waals surface area contributed by atoms with Crippen LogP contribution in [0.2, 0.25) is 0 Å². The summed E-state index contributed by atoms with van der Waals surface area (Å²) in [4.78, 5) is 16.5. The highest BCUT2D eigenvalue weighted by atomic mass is 19.1. The first-order valence-corrected chi connectivity index (χ1v) is 8.80.